The van der Waals surface area contributed by atoms with Gasteiger partial charge in [-0.2, -0.15) is 0 Å². The number of pyridine rings is 1. The summed E-state index contributed by atoms with van der Waals surface area (Å²) in [5, 5.41) is 5.97. The van der Waals surface area contributed by atoms with Crippen LogP contribution < -0.4 is 10.6 Å². The van der Waals surface area contributed by atoms with E-state index in [4.69, 9.17) is 4.74 Å². The Hall–Kier alpha value is -1.62. The van der Waals surface area contributed by atoms with Crippen molar-refractivity contribution in [1.82, 2.24) is 10.3 Å². The smallest absolute Gasteiger partial charge is 0.251 e. The minimum absolute atomic E-state index is 0.0649. The number of aryl methyl sites for hydroxylation is 1. The number of amides is 1. The van der Waals surface area contributed by atoms with Gasteiger partial charge in [-0.3, -0.25) is 4.79 Å². The molecular weight excluding hydrogens is 254 g/mol. The quantitative estimate of drug-likeness (QED) is 0.766. The predicted octanol–water partition coefficient (Wildman–Crippen LogP) is 2.23. The molecule has 5 nitrogen and oxygen atoms in total. The maximum Gasteiger partial charge on any atom is 0.251 e. The number of aromatic nitrogens is 1. The predicted molar refractivity (Wildman–Crippen MR) is 81.2 cm³/mol. The van der Waals surface area contributed by atoms with Crippen molar-refractivity contribution in [2.24, 2.45) is 0 Å². The summed E-state index contributed by atoms with van der Waals surface area (Å²) in [6.45, 7) is 4.71. The number of anilines is 1. The van der Waals surface area contributed by atoms with Crippen molar-refractivity contribution < 1.29 is 9.53 Å². The van der Waals surface area contributed by atoms with Crippen molar-refractivity contribution >= 4 is 11.7 Å². The molecule has 2 N–H and O–H groups in total. The van der Waals surface area contributed by atoms with E-state index in [0.29, 0.717) is 12.2 Å². The molecular formula is C15H25N3O2. The first-order valence-corrected chi connectivity index (χ1v) is 7.09. The fourth-order valence-electron chi connectivity index (χ4n) is 1.91. The molecule has 0 aliphatic rings. The van der Waals surface area contributed by atoms with Crippen LogP contribution in [0.5, 0.6) is 0 Å². The second-order valence-corrected chi connectivity index (χ2v) is 4.89. The van der Waals surface area contributed by atoms with Gasteiger partial charge in [-0.15, -0.1) is 0 Å². The monoisotopic (exact) mass is 279 g/mol. The number of rotatable bonds is 8. The highest BCUT2D eigenvalue weighted by atomic mass is 16.5. The molecule has 0 aliphatic heterocycles. The van der Waals surface area contributed by atoms with Crippen LogP contribution in [0.25, 0.3) is 0 Å². The lowest BCUT2D eigenvalue weighted by Gasteiger charge is -2.14. The van der Waals surface area contributed by atoms with E-state index in [2.05, 4.69) is 22.5 Å². The Balaban J connectivity index is 2.77. The molecule has 1 aromatic heterocycles. The zero-order chi connectivity index (χ0) is 15.0. The third kappa shape index (κ3) is 5.17. The van der Waals surface area contributed by atoms with Gasteiger partial charge in [-0.1, -0.05) is 13.3 Å². The van der Waals surface area contributed by atoms with Crippen LogP contribution in [0.1, 0.15) is 42.7 Å². The number of hydrogen-bond acceptors (Lipinski definition) is 4. The first kappa shape index (κ1) is 16.4. The summed E-state index contributed by atoms with van der Waals surface area (Å²) in [7, 11) is 3.47. The van der Waals surface area contributed by atoms with Crippen molar-refractivity contribution in [2.45, 2.75) is 39.2 Å². The lowest BCUT2D eigenvalue weighted by atomic mass is 10.1. The number of ether oxygens (including phenoxy) is 1. The molecule has 1 aromatic rings. The van der Waals surface area contributed by atoms with Crippen LogP contribution in [0.4, 0.5) is 5.82 Å². The Kier molecular flexibility index (Phi) is 7.01. The zero-order valence-corrected chi connectivity index (χ0v) is 12.8. The number of nitrogens with zero attached hydrogens (tertiary/aromatic N) is 1. The molecule has 1 heterocycles. The summed E-state index contributed by atoms with van der Waals surface area (Å²) in [5.74, 6) is 0.663. The first-order valence-electron chi connectivity index (χ1n) is 7.09. The molecule has 0 aromatic carbocycles. The Bertz CT molecular complexity index is 435. The van der Waals surface area contributed by atoms with Crippen LogP contribution >= 0.6 is 0 Å². The SMILES string of the molecule is CCCc1cc(C(=O)NC(C)CCOC)cc(NC)n1. The Morgan fingerprint density at radius 1 is 1.45 bits per heavy atom. The molecule has 20 heavy (non-hydrogen) atoms. The van der Waals surface area contributed by atoms with E-state index < -0.39 is 0 Å². The topological polar surface area (TPSA) is 63.2 Å². The van der Waals surface area contributed by atoms with E-state index in [1.807, 2.05) is 13.0 Å². The van der Waals surface area contributed by atoms with Crippen LogP contribution in [-0.2, 0) is 11.2 Å². The molecule has 0 radical (unpaired) electrons. The molecule has 1 amide bonds. The van der Waals surface area contributed by atoms with E-state index in [1.54, 1.807) is 20.2 Å². The third-order valence-electron chi connectivity index (χ3n) is 3.04. The van der Waals surface area contributed by atoms with Crippen LogP contribution in [0, 0.1) is 0 Å². The molecule has 0 spiro atoms. The van der Waals surface area contributed by atoms with Crippen LogP contribution in [0.15, 0.2) is 12.1 Å². The number of carbonyl (C=O) groups excluding carboxylic acids is 1. The molecule has 0 bridgehead atoms. The van der Waals surface area contributed by atoms with Gasteiger partial charge >= 0.3 is 0 Å². The number of nitrogens with one attached hydrogen (secondary N) is 2. The summed E-state index contributed by atoms with van der Waals surface area (Å²) in [4.78, 5) is 16.7. The van der Waals surface area contributed by atoms with Crippen molar-refractivity contribution in [3.8, 4) is 0 Å². The number of hydrogen-bond donors (Lipinski definition) is 2. The molecule has 1 atom stereocenters. The normalized spacial score (nSPS) is 12.0. The molecule has 1 unspecified atom stereocenters. The minimum atomic E-state index is -0.0649. The number of methoxy groups -OCH3 is 1. The molecule has 5 heteroatoms. The average molecular weight is 279 g/mol. The second-order valence-electron chi connectivity index (χ2n) is 4.89. The van der Waals surface area contributed by atoms with Gasteiger partial charge in [0.05, 0.1) is 0 Å². The maximum absolute atomic E-state index is 12.2. The molecule has 0 saturated carbocycles. The average Bonchev–Trinajstić information content (AvgIpc) is 2.45. The fourth-order valence-corrected chi connectivity index (χ4v) is 1.91. The van der Waals surface area contributed by atoms with Crippen LogP contribution in [0.2, 0.25) is 0 Å². The van der Waals surface area contributed by atoms with Crippen molar-refractivity contribution in [2.75, 3.05) is 26.1 Å². The largest absolute Gasteiger partial charge is 0.385 e. The summed E-state index contributed by atoms with van der Waals surface area (Å²) >= 11 is 0. The molecule has 0 aliphatic carbocycles. The Morgan fingerprint density at radius 2 is 2.20 bits per heavy atom. The van der Waals surface area contributed by atoms with Gasteiger partial charge in [0.2, 0.25) is 0 Å². The standard InChI is InChI=1S/C15H25N3O2/c1-5-6-13-9-12(10-14(16-3)18-13)15(19)17-11(2)7-8-20-4/h9-11H,5-8H2,1-4H3,(H,16,18)(H,17,19). The Labute approximate surface area is 121 Å². The summed E-state index contributed by atoms with van der Waals surface area (Å²) < 4.78 is 5.02. The lowest BCUT2D eigenvalue weighted by molar-refractivity contribution is 0.0929. The van der Waals surface area contributed by atoms with Gasteiger partial charge in [-0.25, -0.2) is 4.98 Å². The van der Waals surface area contributed by atoms with E-state index in [0.717, 1.165) is 30.8 Å². The summed E-state index contributed by atoms with van der Waals surface area (Å²) in [6.07, 6.45) is 2.68. The summed E-state index contributed by atoms with van der Waals surface area (Å²) in [6, 6.07) is 3.73. The van der Waals surface area contributed by atoms with E-state index in [9.17, 15) is 4.79 Å². The highest BCUT2D eigenvalue weighted by Gasteiger charge is 2.12. The van der Waals surface area contributed by atoms with E-state index in [1.165, 1.54) is 0 Å². The Morgan fingerprint density at radius 3 is 2.80 bits per heavy atom. The van der Waals surface area contributed by atoms with Gasteiger partial charge in [-0.05, 0) is 31.9 Å². The first-order chi connectivity index (χ1) is 9.60. The van der Waals surface area contributed by atoms with Gasteiger partial charge in [0.1, 0.15) is 5.82 Å². The van der Waals surface area contributed by atoms with Crippen LogP contribution in [0.3, 0.4) is 0 Å². The van der Waals surface area contributed by atoms with Gasteiger partial charge < -0.3 is 15.4 Å². The molecule has 112 valence electrons. The van der Waals surface area contributed by atoms with Crippen LogP contribution in [-0.4, -0.2) is 37.7 Å². The summed E-state index contributed by atoms with van der Waals surface area (Å²) in [5.41, 5.74) is 1.59. The van der Waals surface area contributed by atoms with Crippen molar-refractivity contribution in [3.63, 3.8) is 0 Å². The fraction of sp³-hybridized carbons (Fsp3) is 0.600. The van der Waals surface area contributed by atoms with Gasteiger partial charge in [0.15, 0.2) is 0 Å². The van der Waals surface area contributed by atoms with Crippen molar-refractivity contribution in [3.05, 3.63) is 23.4 Å². The molecule has 0 saturated heterocycles. The minimum Gasteiger partial charge on any atom is -0.385 e. The second kappa shape index (κ2) is 8.53. The highest BCUT2D eigenvalue weighted by molar-refractivity contribution is 5.95. The molecule has 0 fully saturated rings. The number of carbonyl (C=O) groups is 1. The highest BCUT2D eigenvalue weighted by Crippen LogP contribution is 2.12. The van der Waals surface area contributed by atoms with Gasteiger partial charge in [0.25, 0.3) is 5.91 Å². The van der Waals surface area contributed by atoms with E-state index >= 15 is 0 Å². The lowest BCUT2D eigenvalue weighted by Crippen LogP contribution is -2.33. The maximum atomic E-state index is 12.2. The van der Waals surface area contributed by atoms with Crippen molar-refractivity contribution in [1.29, 1.82) is 0 Å². The third-order valence-corrected chi connectivity index (χ3v) is 3.04. The van der Waals surface area contributed by atoms with Gasteiger partial charge in [0, 0.05) is 38.1 Å². The zero-order valence-electron chi connectivity index (χ0n) is 12.8. The van der Waals surface area contributed by atoms with E-state index in [-0.39, 0.29) is 11.9 Å². The molecule has 1 rings (SSSR count).